The van der Waals surface area contributed by atoms with Gasteiger partial charge in [-0.25, -0.2) is 0 Å². The van der Waals surface area contributed by atoms with Gasteiger partial charge in [-0.2, -0.15) is 0 Å². The molecule has 114 valence electrons. The van der Waals surface area contributed by atoms with Gasteiger partial charge in [-0.1, -0.05) is 0 Å². The van der Waals surface area contributed by atoms with Crippen LogP contribution in [-0.2, 0) is 19.0 Å². The van der Waals surface area contributed by atoms with E-state index in [9.17, 15) is 4.79 Å². The summed E-state index contributed by atoms with van der Waals surface area (Å²) in [5.41, 5.74) is 0. The number of nitrogens with one attached hydrogen (secondary N) is 2. The molecule has 0 rings (SSSR count). The fourth-order valence-corrected chi connectivity index (χ4v) is 1.39. The lowest BCUT2D eigenvalue weighted by molar-refractivity contribution is -0.122. The minimum Gasteiger partial charge on any atom is -0.383 e. The number of amides is 1. The molecule has 0 saturated carbocycles. The molecule has 2 N–H and O–H groups in total. The second-order valence-corrected chi connectivity index (χ2v) is 5.06. The quantitative estimate of drug-likeness (QED) is 0.369. The Hall–Kier alpha value is -0.260. The van der Waals surface area contributed by atoms with Gasteiger partial charge in [0.2, 0.25) is 5.91 Å². The molecule has 0 aromatic carbocycles. The summed E-state index contributed by atoms with van der Waals surface area (Å²) in [5, 5.41) is 5.95. The summed E-state index contributed by atoms with van der Waals surface area (Å²) in [6.45, 7) is 6.11. The third-order valence-electron chi connectivity index (χ3n) is 2.19. The first-order chi connectivity index (χ1) is 9.16. The monoisotopic (exact) mass is 294 g/mol. The molecule has 0 saturated heterocycles. The molecular formula is C12H27N2O4P. The van der Waals surface area contributed by atoms with Crippen molar-refractivity contribution in [1.82, 2.24) is 10.6 Å². The minimum atomic E-state index is -0.0170. The van der Waals surface area contributed by atoms with Gasteiger partial charge in [0.1, 0.15) is 0 Å². The van der Waals surface area contributed by atoms with Crippen LogP contribution < -0.4 is 10.6 Å². The molecule has 19 heavy (non-hydrogen) atoms. The molecular weight excluding hydrogens is 267 g/mol. The number of hydrogen-bond acceptors (Lipinski definition) is 5. The Balaban J connectivity index is 3.11. The van der Waals surface area contributed by atoms with Crippen LogP contribution in [0.1, 0.15) is 13.3 Å². The van der Waals surface area contributed by atoms with Crippen molar-refractivity contribution in [3.05, 3.63) is 0 Å². The van der Waals surface area contributed by atoms with E-state index in [0.717, 1.165) is 6.54 Å². The van der Waals surface area contributed by atoms with Crippen LogP contribution in [0.15, 0.2) is 0 Å². The zero-order chi connectivity index (χ0) is 14.3. The highest BCUT2D eigenvalue weighted by molar-refractivity contribution is 7.17. The normalized spacial score (nSPS) is 12.4. The van der Waals surface area contributed by atoms with Gasteiger partial charge in [0.25, 0.3) is 0 Å². The average molecular weight is 294 g/mol. The molecule has 0 aromatic rings. The maximum Gasteiger partial charge on any atom is 0.222 e. The number of carbonyl (C=O) groups excluding carboxylic acids is 1. The number of hydrogen-bond donors (Lipinski definition) is 2. The molecule has 7 heteroatoms. The molecule has 0 aliphatic heterocycles. The van der Waals surface area contributed by atoms with E-state index >= 15 is 0 Å². The highest BCUT2D eigenvalue weighted by Crippen LogP contribution is 1.90. The van der Waals surface area contributed by atoms with E-state index in [1.165, 1.54) is 0 Å². The van der Waals surface area contributed by atoms with Crippen molar-refractivity contribution >= 4 is 15.1 Å². The van der Waals surface area contributed by atoms with Crippen LogP contribution in [-0.4, -0.2) is 64.9 Å². The highest BCUT2D eigenvalue weighted by atomic mass is 31.0. The van der Waals surface area contributed by atoms with E-state index in [4.69, 9.17) is 14.2 Å². The van der Waals surface area contributed by atoms with Crippen LogP contribution in [0.5, 0.6) is 0 Å². The van der Waals surface area contributed by atoms with Crippen molar-refractivity contribution in [2.75, 3.05) is 53.2 Å². The Bertz CT molecular complexity index is 218. The van der Waals surface area contributed by atoms with E-state index in [1.54, 1.807) is 7.11 Å². The maximum atomic E-state index is 11.3. The molecule has 0 spiro atoms. The van der Waals surface area contributed by atoms with Crippen LogP contribution in [0.4, 0.5) is 0 Å². The van der Waals surface area contributed by atoms with Gasteiger partial charge in [-0.05, 0) is 6.92 Å². The summed E-state index contributed by atoms with van der Waals surface area (Å²) in [6, 6.07) is 0. The van der Waals surface area contributed by atoms with Gasteiger partial charge in [0, 0.05) is 32.4 Å². The zero-order valence-electron chi connectivity index (χ0n) is 11.9. The standard InChI is InChI=1S/C12H27N2O4P/c1-11(19)13-5-8-18-10-9-17-6-3-12(15)14-4-7-16-2/h11,13H,3-10,19H2,1-2H3,(H,14,15). The van der Waals surface area contributed by atoms with Crippen LogP contribution in [0.2, 0.25) is 0 Å². The topological polar surface area (TPSA) is 68.8 Å². The van der Waals surface area contributed by atoms with E-state index in [-0.39, 0.29) is 5.91 Å². The molecule has 2 unspecified atom stereocenters. The first-order valence-electron chi connectivity index (χ1n) is 6.57. The SMILES string of the molecule is COCCNC(=O)CCOCCOCCNC(C)P. The number of carbonyl (C=O) groups is 1. The van der Waals surface area contributed by atoms with Gasteiger partial charge in [-0.15, -0.1) is 9.24 Å². The van der Waals surface area contributed by atoms with Crippen molar-refractivity contribution in [3.8, 4) is 0 Å². The van der Waals surface area contributed by atoms with Crippen LogP contribution in [0.3, 0.4) is 0 Å². The first-order valence-corrected chi connectivity index (χ1v) is 7.23. The molecule has 1 amide bonds. The van der Waals surface area contributed by atoms with Gasteiger partial charge < -0.3 is 24.8 Å². The summed E-state index contributed by atoms with van der Waals surface area (Å²) in [6.07, 6.45) is 0.371. The van der Waals surface area contributed by atoms with Crippen LogP contribution in [0, 0.1) is 0 Å². The van der Waals surface area contributed by atoms with E-state index in [2.05, 4.69) is 26.8 Å². The Morgan fingerprint density at radius 3 is 2.42 bits per heavy atom. The number of methoxy groups -OCH3 is 1. The third-order valence-corrected chi connectivity index (χ3v) is 2.42. The van der Waals surface area contributed by atoms with Gasteiger partial charge in [0.15, 0.2) is 0 Å². The summed E-state index contributed by atoms with van der Waals surface area (Å²) in [4.78, 5) is 11.3. The molecule has 0 aliphatic rings. The summed E-state index contributed by atoms with van der Waals surface area (Å²) >= 11 is 0. The molecule has 6 nitrogen and oxygen atoms in total. The lowest BCUT2D eigenvalue weighted by atomic mass is 10.4. The smallest absolute Gasteiger partial charge is 0.222 e. The van der Waals surface area contributed by atoms with E-state index in [1.807, 2.05) is 0 Å². The number of rotatable bonds is 13. The Morgan fingerprint density at radius 2 is 1.79 bits per heavy atom. The van der Waals surface area contributed by atoms with E-state index < -0.39 is 0 Å². The average Bonchev–Trinajstić information content (AvgIpc) is 2.36. The molecule has 0 aliphatic carbocycles. The second kappa shape index (κ2) is 14.2. The van der Waals surface area contributed by atoms with Crippen molar-refractivity contribution in [2.24, 2.45) is 0 Å². The van der Waals surface area contributed by atoms with Crippen molar-refractivity contribution < 1.29 is 19.0 Å². The summed E-state index contributed by atoms with van der Waals surface area (Å²) in [5.74, 6) is 0.382. The second-order valence-electron chi connectivity index (χ2n) is 4.06. The van der Waals surface area contributed by atoms with Gasteiger partial charge in [-0.3, -0.25) is 4.79 Å². The molecule has 0 heterocycles. The predicted molar refractivity (Wildman–Crippen MR) is 78.3 cm³/mol. The fraction of sp³-hybridized carbons (Fsp3) is 0.917. The Labute approximate surface area is 118 Å². The van der Waals surface area contributed by atoms with Crippen molar-refractivity contribution in [3.63, 3.8) is 0 Å². The molecule has 0 aromatic heterocycles. The minimum absolute atomic E-state index is 0.0170. The maximum absolute atomic E-state index is 11.3. The summed E-state index contributed by atoms with van der Waals surface area (Å²) < 4.78 is 15.5. The third kappa shape index (κ3) is 15.7. The molecule has 0 fully saturated rings. The highest BCUT2D eigenvalue weighted by Gasteiger charge is 2.00. The van der Waals surface area contributed by atoms with E-state index in [0.29, 0.717) is 51.8 Å². The lowest BCUT2D eigenvalue weighted by Gasteiger charge is -2.09. The van der Waals surface area contributed by atoms with Crippen LogP contribution in [0.25, 0.3) is 0 Å². The molecule has 0 radical (unpaired) electrons. The first kappa shape index (κ1) is 18.7. The zero-order valence-corrected chi connectivity index (χ0v) is 13.1. The van der Waals surface area contributed by atoms with Crippen molar-refractivity contribution in [1.29, 1.82) is 0 Å². The molecule has 0 bridgehead atoms. The van der Waals surface area contributed by atoms with Crippen molar-refractivity contribution in [2.45, 2.75) is 19.1 Å². The summed E-state index contributed by atoms with van der Waals surface area (Å²) in [7, 11) is 4.27. The number of ether oxygens (including phenoxy) is 3. The van der Waals surface area contributed by atoms with Crippen LogP contribution >= 0.6 is 9.24 Å². The largest absolute Gasteiger partial charge is 0.383 e. The predicted octanol–water partition coefficient (Wildman–Crippen LogP) is -0.0170. The Kier molecular flexibility index (Phi) is 14.0. The molecule has 2 atom stereocenters. The van der Waals surface area contributed by atoms with Gasteiger partial charge >= 0.3 is 0 Å². The van der Waals surface area contributed by atoms with Gasteiger partial charge in [0.05, 0.1) is 33.0 Å². The fourth-order valence-electron chi connectivity index (χ4n) is 1.23. The lowest BCUT2D eigenvalue weighted by Crippen LogP contribution is -2.28. The Morgan fingerprint density at radius 1 is 1.11 bits per heavy atom.